The summed E-state index contributed by atoms with van der Waals surface area (Å²) in [4.78, 5) is 30.1. The lowest BCUT2D eigenvalue weighted by Gasteiger charge is -2.22. The molecule has 0 saturated heterocycles. The van der Waals surface area contributed by atoms with Gasteiger partial charge < -0.3 is 19.8 Å². The van der Waals surface area contributed by atoms with Gasteiger partial charge in [0.25, 0.3) is 5.91 Å². The van der Waals surface area contributed by atoms with E-state index in [1.54, 1.807) is 12.1 Å². The minimum absolute atomic E-state index is 0.0853. The fraction of sp³-hybridized carbons (Fsp3) is 0.161. The molecule has 0 radical (unpaired) electrons. The summed E-state index contributed by atoms with van der Waals surface area (Å²) in [6.45, 7) is 1.41. The first-order valence-electron chi connectivity index (χ1n) is 13.0. The maximum atomic E-state index is 12.3. The number of amides is 1. The highest BCUT2D eigenvalue weighted by atomic mass is 35.5. The van der Waals surface area contributed by atoms with Crippen molar-refractivity contribution >= 4 is 39.9 Å². The number of carboxylic acid groups (broad SMARTS) is 1. The summed E-state index contributed by atoms with van der Waals surface area (Å²) in [6.07, 6.45) is 0.718. The minimum Gasteiger partial charge on any atom is -0.481 e. The van der Waals surface area contributed by atoms with Crippen LogP contribution in [0.4, 0.5) is 5.13 Å². The molecule has 41 heavy (non-hydrogen) atoms. The van der Waals surface area contributed by atoms with E-state index in [0.29, 0.717) is 34.3 Å². The quantitative estimate of drug-likeness (QED) is 0.170. The molecule has 0 aliphatic carbocycles. The molecule has 2 aromatic heterocycles. The molecule has 0 fully saturated rings. The number of anilines is 1. The van der Waals surface area contributed by atoms with Gasteiger partial charge in [-0.25, -0.2) is 4.98 Å². The van der Waals surface area contributed by atoms with Gasteiger partial charge in [0.15, 0.2) is 10.9 Å². The zero-order chi connectivity index (χ0) is 28.6. The van der Waals surface area contributed by atoms with Crippen molar-refractivity contribution in [2.75, 3.05) is 18.0 Å². The van der Waals surface area contributed by atoms with E-state index in [4.69, 9.17) is 26.2 Å². The van der Waals surface area contributed by atoms with E-state index < -0.39 is 5.97 Å². The van der Waals surface area contributed by atoms with Gasteiger partial charge in [0.1, 0.15) is 11.4 Å². The van der Waals surface area contributed by atoms with E-state index in [1.165, 1.54) is 16.9 Å². The second-order valence-electron chi connectivity index (χ2n) is 9.35. The normalized spacial score (nSPS) is 10.9. The summed E-state index contributed by atoms with van der Waals surface area (Å²) in [5, 5.41) is 19.1. The highest BCUT2D eigenvalue weighted by molar-refractivity contribution is 7.14. The van der Waals surface area contributed by atoms with Crippen molar-refractivity contribution in [2.24, 2.45) is 0 Å². The van der Waals surface area contributed by atoms with Crippen molar-refractivity contribution in [3.05, 3.63) is 112 Å². The number of rotatable bonds is 12. The number of carbonyl (C=O) groups excluding carboxylic acids is 1. The second-order valence-corrected chi connectivity index (χ2v) is 10.6. The Labute approximate surface area is 246 Å². The summed E-state index contributed by atoms with van der Waals surface area (Å²) in [6, 6.07) is 26.9. The van der Waals surface area contributed by atoms with Gasteiger partial charge in [-0.3, -0.25) is 9.59 Å². The fourth-order valence-corrected chi connectivity index (χ4v) is 5.16. The number of carbonyl (C=O) groups is 2. The summed E-state index contributed by atoms with van der Waals surface area (Å²) in [5.41, 5.74) is 5.04. The number of nitrogens with one attached hydrogen (secondary N) is 1. The minimum atomic E-state index is -0.952. The van der Waals surface area contributed by atoms with Gasteiger partial charge in [-0.05, 0) is 41.8 Å². The molecular formula is C31H27ClN4O4S. The number of benzene rings is 3. The maximum Gasteiger partial charge on any atom is 0.305 e. The third-order valence-corrected chi connectivity index (χ3v) is 7.55. The van der Waals surface area contributed by atoms with Gasteiger partial charge in [-0.1, -0.05) is 71.4 Å². The molecular weight excluding hydrogens is 560 g/mol. The van der Waals surface area contributed by atoms with Crippen LogP contribution >= 0.6 is 22.9 Å². The molecule has 0 bridgehead atoms. The van der Waals surface area contributed by atoms with E-state index in [9.17, 15) is 9.59 Å². The highest BCUT2D eigenvalue weighted by Crippen LogP contribution is 2.31. The smallest absolute Gasteiger partial charge is 0.305 e. The van der Waals surface area contributed by atoms with Crippen LogP contribution in [0, 0.1) is 0 Å². The SMILES string of the molecule is O=C(O)CCNC(=O)c1ccc(CN(CCc2ccccc2)c2nc(-c3cc(-c4ccc(Cl)cc4)no3)cs2)cc1. The number of thiazole rings is 1. The molecule has 208 valence electrons. The Kier molecular flexibility index (Phi) is 9.08. The topological polar surface area (TPSA) is 109 Å². The van der Waals surface area contributed by atoms with Crippen molar-refractivity contribution in [3.63, 3.8) is 0 Å². The van der Waals surface area contributed by atoms with E-state index in [0.717, 1.165) is 29.2 Å². The van der Waals surface area contributed by atoms with Gasteiger partial charge in [0, 0.05) is 47.2 Å². The Bertz CT molecular complexity index is 1600. The predicted octanol–water partition coefficient (Wildman–Crippen LogP) is 6.57. The van der Waals surface area contributed by atoms with Crippen LogP contribution in [-0.2, 0) is 17.8 Å². The third-order valence-electron chi connectivity index (χ3n) is 6.39. The average Bonchev–Trinajstić information content (AvgIpc) is 3.67. The second kappa shape index (κ2) is 13.3. The average molecular weight is 587 g/mol. The van der Waals surface area contributed by atoms with E-state index in [2.05, 4.69) is 27.5 Å². The highest BCUT2D eigenvalue weighted by Gasteiger charge is 2.17. The van der Waals surface area contributed by atoms with Crippen LogP contribution in [0.1, 0.15) is 27.9 Å². The van der Waals surface area contributed by atoms with Crippen LogP contribution in [0.3, 0.4) is 0 Å². The number of hydrogen-bond donors (Lipinski definition) is 2. The third kappa shape index (κ3) is 7.59. The number of halogens is 1. The van der Waals surface area contributed by atoms with Crippen molar-refractivity contribution < 1.29 is 19.2 Å². The van der Waals surface area contributed by atoms with Crippen LogP contribution in [0.15, 0.2) is 94.8 Å². The Morgan fingerprint density at radius 3 is 2.44 bits per heavy atom. The Hall–Kier alpha value is -4.47. The summed E-state index contributed by atoms with van der Waals surface area (Å²) >= 11 is 7.54. The zero-order valence-electron chi connectivity index (χ0n) is 22.0. The Balaban J connectivity index is 1.32. The number of hydrogen-bond acceptors (Lipinski definition) is 7. The molecule has 5 rings (SSSR count). The summed E-state index contributed by atoms with van der Waals surface area (Å²) in [7, 11) is 0. The lowest BCUT2D eigenvalue weighted by molar-refractivity contribution is -0.136. The van der Waals surface area contributed by atoms with Crippen LogP contribution in [0.25, 0.3) is 22.7 Å². The van der Waals surface area contributed by atoms with Crippen LogP contribution < -0.4 is 10.2 Å². The fourth-order valence-electron chi connectivity index (χ4n) is 4.19. The summed E-state index contributed by atoms with van der Waals surface area (Å²) < 4.78 is 5.62. The molecule has 0 unspecified atom stereocenters. The van der Waals surface area contributed by atoms with E-state index >= 15 is 0 Å². The Morgan fingerprint density at radius 1 is 0.951 bits per heavy atom. The van der Waals surface area contributed by atoms with Crippen molar-refractivity contribution in [1.82, 2.24) is 15.5 Å². The maximum absolute atomic E-state index is 12.3. The molecule has 1 amide bonds. The molecule has 0 aliphatic rings. The lowest BCUT2D eigenvalue weighted by Crippen LogP contribution is -2.26. The van der Waals surface area contributed by atoms with Gasteiger partial charge >= 0.3 is 5.97 Å². The van der Waals surface area contributed by atoms with Crippen molar-refractivity contribution in [2.45, 2.75) is 19.4 Å². The van der Waals surface area contributed by atoms with Gasteiger partial charge in [-0.2, -0.15) is 0 Å². The first-order valence-corrected chi connectivity index (χ1v) is 14.3. The first-order chi connectivity index (χ1) is 19.9. The number of carboxylic acids is 1. The molecule has 3 aromatic carbocycles. The Morgan fingerprint density at radius 2 is 1.71 bits per heavy atom. The first kappa shape index (κ1) is 28.1. The lowest BCUT2D eigenvalue weighted by atomic mass is 10.1. The van der Waals surface area contributed by atoms with Crippen molar-refractivity contribution in [1.29, 1.82) is 0 Å². The summed E-state index contributed by atoms with van der Waals surface area (Å²) in [5.74, 6) is -0.668. The van der Waals surface area contributed by atoms with Gasteiger partial charge in [0.2, 0.25) is 0 Å². The number of aliphatic carboxylic acids is 1. The molecule has 0 saturated carbocycles. The standard InChI is InChI=1S/C31H27ClN4O4S/c32-25-12-10-23(11-13-25)26-18-28(40-35-26)27-20-41-31(34-27)36(17-15-21-4-2-1-3-5-21)19-22-6-8-24(9-7-22)30(39)33-16-14-29(37)38/h1-13,18,20H,14-17,19H2,(H,33,39)(H,37,38). The number of aromatic nitrogens is 2. The number of nitrogens with zero attached hydrogens (tertiary/aromatic N) is 3. The van der Waals surface area contributed by atoms with Crippen LogP contribution in [0.2, 0.25) is 5.02 Å². The van der Waals surface area contributed by atoms with Crippen LogP contribution in [-0.4, -0.2) is 40.2 Å². The van der Waals surface area contributed by atoms with E-state index in [1.807, 2.05) is 66.0 Å². The molecule has 5 aromatic rings. The largest absolute Gasteiger partial charge is 0.481 e. The predicted molar refractivity (Wildman–Crippen MR) is 160 cm³/mol. The van der Waals surface area contributed by atoms with Gasteiger partial charge in [0.05, 0.1) is 6.42 Å². The molecule has 8 nitrogen and oxygen atoms in total. The van der Waals surface area contributed by atoms with Gasteiger partial charge in [-0.15, -0.1) is 11.3 Å². The monoisotopic (exact) mass is 586 g/mol. The molecule has 10 heteroatoms. The molecule has 0 aliphatic heterocycles. The van der Waals surface area contributed by atoms with E-state index in [-0.39, 0.29) is 18.9 Å². The van der Waals surface area contributed by atoms with Crippen molar-refractivity contribution in [3.8, 4) is 22.7 Å². The van der Waals surface area contributed by atoms with Crippen LogP contribution in [0.5, 0.6) is 0 Å². The molecule has 0 spiro atoms. The molecule has 2 heterocycles. The zero-order valence-corrected chi connectivity index (χ0v) is 23.6. The molecule has 0 atom stereocenters. The molecule has 2 N–H and O–H groups in total.